The van der Waals surface area contributed by atoms with Gasteiger partial charge in [-0.05, 0) is 12.1 Å². The van der Waals surface area contributed by atoms with Gasteiger partial charge in [-0.2, -0.15) is 0 Å². The second-order valence-corrected chi connectivity index (χ2v) is 3.88. The van der Waals surface area contributed by atoms with Crippen LogP contribution in [0, 0.1) is 0 Å². The number of nitrogens with zero attached hydrogens (tertiary/aromatic N) is 1. The molecule has 5 heteroatoms. The predicted octanol–water partition coefficient (Wildman–Crippen LogP) is 1.42. The van der Waals surface area contributed by atoms with Gasteiger partial charge >= 0.3 is 0 Å². The summed E-state index contributed by atoms with van der Waals surface area (Å²) in [4.78, 5) is 18.9. The Balaban J connectivity index is 1.91. The fourth-order valence-corrected chi connectivity index (χ4v) is 1.73. The van der Waals surface area contributed by atoms with Crippen molar-refractivity contribution in [2.24, 2.45) is 0 Å². The topological polar surface area (TPSA) is 69.8 Å². The second-order valence-electron chi connectivity index (χ2n) is 3.88. The summed E-state index contributed by atoms with van der Waals surface area (Å²) >= 11 is 0. The Labute approximate surface area is 106 Å². The number of benzene rings is 1. The highest BCUT2D eigenvalue weighted by Gasteiger charge is 2.08. The van der Waals surface area contributed by atoms with Crippen LogP contribution in [-0.2, 0) is 6.42 Å². The van der Waals surface area contributed by atoms with E-state index in [2.05, 4.69) is 20.6 Å². The maximum Gasteiger partial charge on any atom is 0.253 e. The van der Waals surface area contributed by atoms with Crippen molar-refractivity contribution >= 4 is 11.6 Å². The van der Waals surface area contributed by atoms with Gasteiger partial charge in [-0.25, -0.2) is 4.98 Å². The quantitative estimate of drug-likeness (QED) is 0.745. The molecule has 1 amide bonds. The number of aromatic nitrogens is 2. The normalized spacial score (nSPS) is 10.1. The third-order valence-electron chi connectivity index (χ3n) is 2.68. The molecule has 2 rings (SSSR count). The van der Waals surface area contributed by atoms with Gasteiger partial charge in [0.1, 0.15) is 0 Å². The highest BCUT2D eigenvalue weighted by molar-refractivity contribution is 5.99. The molecule has 18 heavy (non-hydrogen) atoms. The van der Waals surface area contributed by atoms with E-state index in [1.807, 2.05) is 18.2 Å². The molecule has 0 atom stereocenters. The summed E-state index contributed by atoms with van der Waals surface area (Å²) in [7, 11) is 1.80. The van der Waals surface area contributed by atoms with Crippen molar-refractivity contribution in [1.82, 2.24) is 15.3 Å². The van der Waals surface area contributed by atoms with Crippen LogP contribution in [0.2, 0.25) is 0 Å². The minimum absolute atomic E-state index is 0.0699. The van der Waals surface area contributed by atoms with E-state index in [1.54, 1.807) is 25.6 Å². The van der Waals surface area contributed by atoms with Crippen LogP contribution >= 0.6 is 0 Å². The molecular formula is C13H16N4O. The number of nitrogens with one attached hydrogen (secondary N) is 3. The molecule has 3 N–H and O–H groups in total. The fraction of sp³-hybridized carbons (Fsp3) is 0.231. The van der Waals surface area contributed by atoms with Crippen molar-refractivity contribution in [3.05, 3.63) is 48.0 Å². The number of carbonyl (C=O) groups is 1. The number of hydrogen-bond acceptors (Lipinski definition) is 3. The van der Waals surface area contributed by atoms with Gasteiger partial charge in [0.05, 0.1) is 11.9 Å². The van der Waals surface area contributed by atoms with E-state index < -0.39 is 0 Å². The largest absolute Gasteiger partial charge is 0.387 e. The molecule has 0 aliphatic rings. The Bertz CT molecular complexity index is 507. The molecule has 0 spiro atoms. The molecule has 0 aliphatic heterocycles. The van der Waals surface area contributed by atoms with Crippen LogP contribution in [-0.4, -0.2) is 29.5 Å². The van der Waals surface area contributed by atoms with E-state index in [0.717, 1.165) is 17.8 Å². The molecule has 0 radical (unpaired) electrons. The van der Waals surface area contributed by atoms with Crippen molar-refractivity contribution in [3.8, 4) is 0 Å². The van der Waals surface area contributed by atoms with Crippen LogP contribution in [0.1, 0.15) is 16.1 Å². The molecule has 0 aliphatic carbocycles. The average molecular weight is 244 g/mol. The first-order valence-electron chi connectivity index (χ1n) is 5.83. The number of carbonyl (C=O) groups excluding carboxylic acids is 1. The van der Waals surface area contributed by atoms with E-state index in [4.69, 9.17) is 0 Å². The number of H-pyrrole nitrogens is 1. The van der Waals surface area contributed by atoms with Crippen LogP contribution in [0.4, 0.5) is 5.69 Å². The number of hydrogen-bond donors (Lipinski definition) is 3. The fourth-order valence-electron chi connectivity index (χ4n) is 1.73. The molecule has 0 saturated carbocycles. The molecule has 1 heterocycles. The number of rotatable bonds is 5. The predicted molar refractivity (Wildman–Crippen MR) is 70.6 cm³/mol. The summed E-state index contributed by atoms with van der Waals surface area (Å²) in [6.07, 6.45) is 4.13. The summed E-state index contributed by atoms with van der Waals surface area (Å²) in [6, 6.07) is 7.43. The number of aromatic amines is 1. The van der Waals surface area contributed by atoms with Gasteiger partial charge in [0, 0.05) is 37.6 Å². The number of anilines is 1. The first kappa shape index (κ1) is 12.2. The van der Waals surface area contributed by atoms with E-state index in [0.29, 0.717) is 12.1 Å². The maximum atomic E-state index is 12.0. The van der Waals surface area contributed by atoms with Gasteiger partial charge in [-0.3, -0.25) is 4.79 Å². The van der Waals surface area contributed by atoms with E-state index in [1.165, 1.54) is 0 Å². The Morgan fingerprint density at radius 2 is 2.22 bits per heavy atom. The SMILES string of the molecule is CNc1ccccc1C(=O)NCCc1cnc[nH]1. The van der Waals surface area contributed by atoms with E-state index in [9.17, 15) is 4.79 Å². The smallest absolute Gasteiger partial charge is 0.253 e. The lowest BCUT2D eigenvalue weighted by atomic mass is 10.1. The van der Waals surface area contributed by atoms with Crippen molar-refractivity contribution in [1.29, 1.82) is 0 Å². The number of para-hydroxylation sites is 1. The standard InChI is InChI=1S/C13H16N4O/c1-14-12-5-3-2-4-11(12)13(18)16-7-6-10-8-15-9-17-10/h2-5,8-9,14H,6-7H2,1H3,(H,15,17)(H,16,18). The van der Waals surface area contributed by atoms with Crippen molar-refractivity contribution in [2.75, 3.05) is 18.9 Å². The number of imidazole rings is 1. The molecule has 0 bridgehead atoms. The van der Waals surface area contributed by atoms with Crippen LogP contribution < -0.4 is 10.6 Å². The van der Waals surface area contributed by atoms with Crippen LogP contribution in [0.5, 0.6) is 0 Å². The molecule has 0 fully saturated rings. The third kappa shape index (κ3) is 2.88. The lowest BCUT2D eigenvalue weighted by Crippen LogP contribution is -2.26. The van der Waals surface area contributed by atoms with Crippen molar-refractivity contribution < 1.29 is 4.79 Å². The molecule has 0 saturated heterocycles. The van der Waals surface area contributed by atoms with Crippen LogP contribution in [0.25, 0.3) is 0 Å². The minimum atomic E-state index is -0.0699. The summed E-state index contributed by atoms with van der Waals surface area (Å²) < 4.78 is 0. The summed E-state index contributed by atoms with van der Waals surface area (Å²) in [6.45, 7) is 0.582. The van der Waals surface area contributed by atoms with E-state index in [-0.39, 0.29) is 5.91 Å². The van der Waals surface area contributed by atoms with Gasteiger partial charge in [0.2, 0.25) is 0 Å². The summed E-state index contributed by atoms with van der Waals surface area (Å²) in [5, 5.41) is 5.89. The Morgan fingerprint density at radius 1 is 1.39 bits per heavy atom. The van der Waals surface area contributed by atoms with Gasteiger partial charge in [0.15, 0.2) is 0 Å². The van der Waals surface area contributed by atoms with Gasteiger partial charge in [-0.1, -0.05) is 12.1 Å². The Kier molecular flexibility index (Phi) is 3.96. The van der Waals surface area contributed by atoms with Crippen molar-refractivity contribution in [3.63, 3.8) is 0 Å². The number of amides is 1. The van der Waals surface area contributed by atoms with Crippen LogP contribution in [0.3, 0.4) is 0 Å². The highest BCUT2D eigenvalue weighted by Crippen LogP contribution is 2.13. The van der Waals surface area contributed by atoms with Crippen LogP contribution in [0.15, 0.2) is 36.8 Å². The average Bonchev–Trinajstić information content (AvgIpc) is 2.91. The molecule has 2 aromatic rings. The first-order chi connectivity index (χ1) is 8.81. The summed E-state index contributed by atoms with van der Waals surface area (Å²) in [5.74, 6) is -0.0699. The second kappa shape index (κ2) is 5.86. The first-order valence-corrected chi connectivity index (χ1v) is 5.83. The van der Waals surface area contributed by atoms with Gasteiger partial charge in [0.25, 0.3) is 5.91 Å². The minimum Gasteiger partial charge on any atom is -0.387 e. The Morgan fingerprint density at radius 3 is 2.94 bits per heavy atom. The lowest BCUT2D eigenvalue weighted by Gasteiger charge is -2.09. The molecular weight excluding hydrogens is 228 g/mol. The molecule has 0 unspecified atom stereocenters. The van der Waals surface area contributed by atoms with Gasteiger partial charge in [-0.15, -0.1) is 0 Å². The molecule has 5 nitrogen and oxygen atoms in total. The zero-order valence-corrected chi connectivity index (χ0v) is 10.2. The molecule has 94 valence electrons. The zero-order chi connectivity index (χ0) is 12.8. The van der Waals surface area contributed by atoms with Crippen molar-refractivity contribution in [2.45, 2.75) is 6.42 Å². The molecule has 1 aromatic carbocycles. The Hall–Kier alpha value is -2.30. The summed E-state index contributed by atoms with van der Waals surface area (Å²) in [5.41, 5.74) is 2.50. The zero-order valence-electron chi connectivity index (χ0n) is 10.2. The lowest BCUT2D eigenvalue weighted by molar-refractivity contribution is 0.0955. The van der Waals surface area contributed by atoms with E-state index >= 15 is 0 Å². The van der Waals surface area contributed by atoms with Gasteiger partial charge < -0.3 is 15.6 Å². The maximum absolute atomic E-state index is 12.0. The highest BCUT2D eigenvalue weighted by atomic mass is 16.1. The molecule has 1 aromatic heterocycles. The third-order valence-corrected chi connectivity index (χ3v) is 2.68. The monoisotopic (exact) mass is 244 g/mol.